The third-order valence-corrected chi connectivity index (χ3v) is 4.96. The van der Waals surface area contributed by atoms with Gasteiger partial charge in [-0.05, 0) is 19.8 Å². The lowest BCUT2D eigenvalue weighted by atomic mass is 9.93. The number of nitrogens with zero attached hydrogens (tertiary/aromatic N) is 2. The molecule has 3 N–H and O–H groups in total. The van der Waals surface area contributed by atoms with Crippen LogP contribution in [-0.2, 0) is 10.0 Å². The molecule has 0 aliphatic heterocycles. The molecule has 0 amide bonds. The summed E-state index contributed by atoms with van der Waals surface area (Å²) < 4.78 is 26.2. The van der Waals surface area contributed by atoms with E-state index in [9.17, 15) is 8.42 Å². The zero-order valence-electron chi connectivity index (χ0n) is 9.89. The van der Waals surface area contributed by atoms with Gasteiger partial charge in [-0.1, -0.05) is 6.42 Å². The molecule has 1 heterocycles. The zero-order chi connectivity index (χ0) is 12.5. The number of nitrogens with two attached hydrogens (primary N) is 1. The lowest BCUT2D eigenvalue weighted by molar-refractivity contribution is 0.222. The molecule has 1 saturated carbocycles. The largest absolute Gasteiger partial charge is 0.332 e. The summed E-state index contributed by atoms with van der Waals surface area (Å²) in [5.41, 5.74) is 5.49. The van der Waals surface area contributed by atoms with Crippen LogP contribution in [0.5, 0.6) is 0 Å². The molecule has 1 aromatic rings. The van der Waals surface area contributed by atoms with Crippen molar-refractivity contribution in [3.8, 4) is 0 Å². The van der Waals surface area contributed by atoms with E-state index >= 15 is 0 Å². The third kappa shape index (κ3) is 2.36. The van der Waals surface area contributed by atoms with Crippen LogP contribution in [-0.4, -0.2) is 41.8 Å². The fourth-order valence-corrected chi connectivity index (χ4v) is 3.62. The van der Waals surface area contributed by atoms with Crippen LogP contribution in [0.2, 0.25) is 0 Å². The summed E-state index contributed by atoms with van der Waals surface area (Å²) in [5, 5.41) is 0.162. The van der Waals surface area contributed by atoms with Gasteiger partial charge in [-0.15, -0.1) is 0 Å². The topological polar surface area (TPSA) is 92.1 Å². The Bertz CT molecular complexity index is 478. The Hall–Kier alpha value is -0.920. The van der Waals surface area contributed by atoms with Crippen LogP contribution in [0.25, 0.3) is 0 Å². The second-order valence-corrected chi connectivity index (χ2v) is 6.18. The molecule has 1 aromatic heterocycles. The fourth-order valence-electron chi connectivity index (χ4n) is 1.96. The molecular weight excluding hydrogens is 240 g/mol. The maximum Gasteiger partial charge on any atom is 0.260 e. The highest BCUT2D eigenvalue weighted by molar-refractivity contribution is 7.89. The van der Waals surface area contributed by atoms with Crippen LogP contribution < -0.4 is 5.73 Å². The van der Waals surface area contributed by atoms with E-state index < -0.39 is 10.0 Å². The van der Waals surface area contributed by atoms with Gasteiger partial charge < -0.3 is 10.7 Å². The number of nitrogens with one attached hydrogen (secondary N) is 1. The Kier molecular flexibility index (Phi) is 3.50. The quantitative estimate of drug-likeness (QED) is 0.790. The summed E-state index contributed by atoms with van der Waals surface area (Å²) in [5.74, 6) is 0.602. The molecule has 1 aliphatic rings. The minimum Gasteiger partial charge on any atom is -0.332 e. The summed E-state index contributed by atoms with van der Waals surface area (Å²) in [6, 6.07) is 0.104. The van der Waals surface area contributed by atoms with E-state index in [2.05, 4.69) is 9.97 Å². The molecule has 7 heteroatoms. The van der Waals surface area contributed by atoms with Crippen molar-refractivity contribution in [1.82, 2.24) is 14.3 Å². The summed E-state index contributed by atoms with van der Waals surface area (Å²) in [6.07, 6.45) is 4.30. The first-order chi connectivity index (χ1) is 8.05. The van der Waals surface area contributed by atoms with Crippen molar-refractivity contribution in [2.24, 2.45) is 5.73 Å². The van der Waals surface area contributed by atoms with Crippen molar-refractivity contribution in [3.05, 3.63) is 12.0 Å². The van der Waals surface area contributed by atoms with Crippen molar-refractivity contribution in [2.75, 3.05) is 13.1 Å². The number of aromatic amines is 1. The molecule has 96 valence electrons. The Morgan fingerprint density at radius 3 is 2.71 bits per heavy atom. The van der Waals surface area contributed by atoms with Gasteiger partial charge in [0.25, 0.3) is 10.0 Å². The molecule has 0 spiro atoms. The maximum absolute atomic E-state index is 12.4. The van der Waals surface area contributed by atoms with E-state index in [4.69, 9.17) is 5.73 Å². The number of hydrogen-bond donors (Lipinski definition) is 2. The summed E-state index contributed by atoms with van der Waals surface area (Å²) >= 11 is 0. The first-order valence-corrected chi connectivity index (χ1v) is 7.23. The van der Waals surface area contributed by atoms with Gasteiger partial charge >= 0.3 is 0 Å². The Morgan fingerprint density at radius 1 is 1.59 bits per heavy atom. The maximum atomic E-state index is 12.4. The Labute approximate surface area is 101 Å². The van der Waals surface area contributed by atoms with Gasteiger partial charge in [-0.3, -0.25) is 0 Å². The van der Waals surface area contributed by atoms with E-state index in [1.54, 1.807) is 6.92 Å². The van der Waals surface area contributed by atoms with Gasteiger partial charge in [0.2, 0.25) is 0 Å². The lowest BCUT2D eigenvalue weighted by Crippen LogP contribution is -2.46. The molecule has 0 unspecified atom stereocenters. The van der Waals surface area contributed by atoms with Crippen molar-refractivity contribution < 1.29 is 8.42 Å². The van der Waals surface area contributed by atoms with Crippen molar-refractivity contribution in [2.45, 2.75) is 37.3 Å². The molecule has 1 aliphatic carbocycles. The predicted octanol–water partition coefficient (Wildman–Crippen LogP) is 0.220. The molecule has 0 aromatic carbocycles. The van der Waals surface area contributed by atoms with Gasteiger partial charge in [-0.25, -0.2) is 13.4 Å². The molecule has 0 saturated heterocycles. The smallest absolute Gasteiger partial charge is 0.260 e. The Balaban J connectivity index is 2.27. The standard InChI is InChI=1S/C10H18N4O2S/c1-8-12-7-10(13-8)17(15,16)14(6-5-11)9-3-2-4-9/h7,9H,2-6,11H2,1H3,(H,12,13). The molecule has 2 rings (SSSR count). The number of aryl methyl sites for hydroxylation is 1. The highest BCUT2D eigenvalue weighted by Crippen LogP contribution is 2.28. The van der Waals surface area contributed by atoms with Gasteiger partial charge in [0, 0.05) is 19.1 Å². The SMILES string of the molecule is Cc1ncc(S(=O)(=O)N(CCN)C2CCC2)[nH]1. The van der Waals surface area contributed by atoms with Crippen LogP contribution >= 0.6 is 0 Å². The number of sulfonamides is 1. The molecule has 1 fully saturated rings. The molecule has 0 radical (unpaired) electrons. The van der Waals surface area contributed by atoms with Gasteiger partial charge in [0.1, 0.15) is 5.82 Å². The van der Waals surface area contributed by atoms with E-state index in [-0.39, 0.29) is 11.1 Å². The van der Waals surface area contributed by atoms with E-state index in [0.29, 0.717) is 18.9 Å². The second kappa shape index (κ2) is 4.75. The number of imidazole rings is 1. The first-order valence-electron chi connectivity index (χ1n) is 5.79. The highest BCUT2D eigenvalue weighted by atomic mass is 32.2. The molecule has 0 bridgehead atoms. The van der Waals surface area contributed by atoms with Gasteiger partial charge in [0.05, 0.1) is 6.20 Å². The monoisotopic (exact) mass is 258 g/mol. The Morgan fingerprint density at radius 2 is 2.29 bits per heavy atom. The minimum absolute atomic E-state index is 0.104. The van der Waals surface area contributed by atoms with Crippen molar-refractivity contribution >= 4 is 10.0 Å². The van der Waals surface area contributed by atoms with Gasteiger partial charge in [0.15, 0.2) is 5.03 Å². The zero-order valence-corrected chi connectivity index (χ0v) is 10.7. The average Bonchev–Trinajstić information content (AvgIpc) is 2.62. The minimum atomic E-state index is -3.47. The van der Waals surface area contributed by atoms with Crippen LogP contribution in [0.3, 0.4) is 0 Å². The molecule has 6 nitrogen and oxygen atoms in total. The fraction of sp³-hybridized carbons (Fsp3) is 0.700. The lowest BCUT2D eigenvalue weighted by Gasteiger charge is -2.35. The van der Waals surface area contributed by atoms with E-state index in [0.717, 1.165) is 19.3 Å². The van der Waals surface area contributed by atoms with E-state index in [1.807, 2.05) is 0 Å². The van der Waals surface area contributed by atoms with Gasteiger partial charge in [-0.2, -0.15) is 4.31 Å². The average molecular weight is 258 g/mol. The highest BCUT2D eigenvalue weighted by Gasteiger charge is 2.35. The van der Waals surface area contributed by atoms with E-state index in [1.165, 1.54) is 10.5 Å². The number of aromatic nitrogens is 2. The summed E-state index contributed by atoms with van der Waals surface area (Å²) in [7, 11) is -3.47. The number of hydrogen-bond acceptors (Lipinski definition) is 4. The number of rotatable bonds is 5. The van der Waals surface area contributed by atoms with Crippen LogP contribution in [0.1, 0.15) is 25.1 Å². The van der Waals surface area contributed by atoms with Crippen molar-refractivity contribution in [3.63, 3.8) is 0 Å². The first kappa shape index (κ1) is 12.5. The third-order valence-electron chi connectivity index (χ3n) is 3.10. The molecule has 0 atom stereocenters. The molecular formula is C10H18N4O2S. The normalized spacial score (nSPS) is 17.4. The summed E-state index contributed by atoms with van der Waals surface area (Å²) in [4.78, 5) is 6.71. The van der Waals surface area contributed by atoms with Crippen LogP contribution in [0.4, 0.5) is 0 Å². The second-order valence-electron chi connectivity index (χ2n) is 4.32. The van der Waals surface area contributed by atoms with Crippen LogP contribution in [0, 0.1) is 6.92 Å². The summed E-state index contributed by atoms with van der Waals surface area (Å²) in [6.45, 7) is 2.43. The molecule has 17 heavy (non-hydrogen) atoms. The predicted molar refractivity (Wildman–Crippen MR) is 63.9 cm³/mol. The van der Waals surface area contributed by atoms with Crippen LogP contribution in [0.15, 0.2) is 11.2 Å². The van der Waals surface area contributed by atoms with Crippen molar-refractivity contribution in [1.29, 1.82) is 0 Å². The number of H-pyrrole nitrogens is 1.